The first-order valence-electron chi connectivity index (χ1n) is 11.0. The van der Waals surface area contributed by atoms with Gasteiger partial charge in [0.05, 0.1) is 22.7 Å². The van der Waals surface area contributed by atoms with Crippen molar-refractivity contribution < 1.29 is 0 Å². The van der Waals surface area contributed by atoms with E-state index in [1.54, 1.807) is 12.4 Å². The molecule has 2 aromatic heterocycles. The molecular formula is C28H22N6. The Balaban J connectivity index is 1.55. The molecule has 6 heteroatoms. The van der Waals surface area contributed by atoms with Crippen molar-refractivity contribution in [3.63, 3.8) is 0 Å². The zero-order valence-electron chi connectivity index (χ0n) is 18.3. The quantitative estimate of drug-likeness (QED) is 0.235. The number of para-hydroxylation sites is 2. The lowest BCUT2D eigenvalue weighted by molar-refractivity contribution is 1.31. The molecule has 0 spiro atoms. The molecule has 0 atom stereocenters. The van der Waals surface area contributed by atoms with Gasteiger partial charge in [0.15, 0.2) is 0 Å². The first-order chi connectivity index (χ1) is 16.7. The molecule has 0 amide bonds. The van der Waals surface area contributed by atoms with E-state index >= 15 is 0 Å². The summed E-state index contributed by atoms with van der Waals surface area (Å²) >= 11 is 0. The van der Waals surface area contributed by atoms with Gasteiger partial charge in [-0.25, -0.2) is 0 Å². The maximum absolute atomic E-state index is 6.38. The number of anilines is 6. The molecule has 0 fully saturated rings. The number of hydrogen-bond donors (Lipinski definition) is 4. The fourth-order valence-electron chi connectivity index (χ4n) is 4.44. The molecule has 0 unspecified atom stereocenters. The highest BCUT2D eigenvalue weighted by molar-refractivity contribution is 5.99. The maximum Gasteiger partial charge on any atom is 0.0630 e. The molecule has 0 saturated carbocycles. The molecule has 6 rings (SSSR count). The van der Waals surface area contributed by atoms with Crippen LogP contribution >= 0.6 is 0 Å². The van der Waals surface area contributed by atoms with E-state index in [4.69, 9.17) is 11.5 Å². The molecule has 6 N–H and O–H groups in total. The molecule has 6 nitrogen and oxygen atoms in total. The van der Waals surface area contributed by atoms with Crippen LogP contribution in [0.2, 0.25) is 0 Å². The van der Waals surface area contributed by atoms with Gasteiger partial charge in [0.2, 0.25) is 0 Å². The highest BCUT2D eigenvalue weighted by atomic mass is 15.0. The lowest BCUT2D eigenvalue weighted by atomic mass is 9.89. The van der Waals surface area contributed by atoms with Crippen LogP contribution < -0.4 is 22.1 Å². The zero-order valence-corrected chi connectivity index (χ0v) is 18.3. The lowest BCUT2D eigenvalue weighted by Gasteiger charge is -2.24. The number of aromatic nitrogens is 2. The van der Waals surface area contributed by atoms with Crippen LogP contribution in [0, 0.1) is 0 Å². The van der Waals surface area contributed by atoms with Crippen LogP contribution in [-0.4, -0.2) is 9.97 Å². The van der Waals surface area contributed by atoms with Crippen LogP contribution in [0.5, 0.6) is 0 Å². The van der Waals surface area contributed by atoms with Crippen molar-refractivity contribution in [1.29, 1.82) is 0 Å². The molecule has 0 aliphatic carbocycles. The fraction of sp³-hybridized carbons (Fsp3) is 0. The Kier molecular flexibility index (Phi) is 4.63. The average molecular weight is 443 g/mol. The minimum atomic E-state index is 0.649. The first-order valence-corrected chi connectivity index (χ1v) is 11.0. The molecule has 1 aliphatic heterocycles. The van der Waals surface area contributed by atoms with Crippen LogP contribution in [0.4, 0.5) is 34.1 Å². The summed E-state index contributed by atoms with van der Waals surface area (Å²) in [5.41, 5.74) is 23.8. The summed E-state index contributed by atoms with van der Waals surface area (Å²) in [6, 6.07) is 24.0. The Bertz CT molecular complexity index is 1530. The standard InChI is InChI=1S/C28H22N6/c29-19-6-7-23(30)20(14-19)22-16-32-15-21(28(22)17-9-11-31-12-10-17)18-5-8-26-27(13-18)34-25-4-2-1-3-24(25)33-26/h1-16,33-34H,29-30H2. The third kappa shape index (κ3) is 3.38. The second-order valence-electron chi connectivity index (χ2n) is 8.25. The van der Waals surface area contributed by atoms with Gasteiger partial charge < -0.3 is 22.1 Å². The molecule has 0 bridgehead atoms. The highest BCUT2D eigenvalue weighted by Gasteiger charge is 2.19. The molecule has 164 valence electrons. The summed E-state index contributed by atoms with van der Waals surface area (Å²) in [6.45, 7) is 0. The van der Waals surface area contributed by atoms with E-state index in [1.165, 1.54) is 0 Å². The summed E-state index contributed by atoms with van der Waals surface area (Å²) in [6.07, 6.45) is 7.33. The van der Waals surface area contributed by atoms with Crippen LogP contribution in [-0.2, 0) is 0 Å². The van der Waals surface area contributed by atoms with Gasteiger partial charge >= 0.3 is 0 Å². The van der Waals surface area contributed by atoms with Crippen LogP contribution in [0.15, 0.2) is 97.6 Å². The van der Waals surface area contributed by atoms with Gasteiger partial charge in [0.25, 0.3) is 0 Å². The Morgan fingerprint density at radius 2 is 1.26 bits per heavy atom. The van der Waals surface area contributed by atoms with E-state index in [0.717, 1.165) is 56.1 Å². The third-order valence-corrected chi connectivity index (χ3v) is 6.08. The second-order valence-corrected chi connectivity index (χ2v) is 8.25. The van der Waals surface area contributed by atoms with E-state index in [2.05, 4.69) is 50.9 Å². The number of rotatable bonds is 3. The van der Waals surface area contributed by atoms with Crippen LogP contribution in [0.1, 0.15) is 0 Å². The molecule has 0 saturated heterocycles. The Morgan fingerprint density at radius 1 is 0.559 bits per heavy atom. The van der Waals surface area contributed by atoms with E-state index in [1.807, 2.05) is 54.9 Å². The highest BCUT2D eigenvalue weighted by Crippen LogP contribution is 2.44. The normalized spacial score (nSPS) is 11.6. The van der Waals surface area contributed by atoms with Crippen molar-refractivity contribution in [2.24, 2.45) is 0 Å². The number of nitrogen functional groups attached to an aromatic ring is 2. The molecular weight excluding hydrogens is 420 g/mol. The van der Waals surface area contributed by atoms with Gasteiger partial charge in [-0.05, 0) is 65.7 Å². The molecule has 1 aliphatic rings. The maximum atomic E-state index is 6.38. The number of nitrogens with one attached hydrogen (secondary N) is 2. The van der Waals surface area contributed by atoms with Crippen molar-refractivity contribution in [1.82, 2.24) is 9.97 Å². The topological polar surface area (TPSA) is 102 Å². The third-order valence-electron chi connectivity index (χ3n) is 6.08. The van der Waals surface area contributed by atoms with Crippen molar-refractivity contribution in [3.8, 4) is 33.4 Å². The predicted octanol–water partition coefficient (Wildman–Crippen LogP) is 6.44. The van der Waals surface area contributed by atoms with E-state index in [-0.39, 0.29) is 0 Å². The number of nitrogens with two attached hydrogens (primary N) is 2. The van der Waals surface area contributed by atoms with Gasteiger partial charge in [0, 0.05) is 58.4 Å². The first kappa shape index (κ1) is 19.8. The predicted molar refractivity (Wildman–Crippen MR) is 140 cm³/mol. The number of nitrogens with zero attached hydrogens (tertiary/aromatic N) is 2. The molecule has 0 radical (unpaired) electrons. The Morgan fingerprint density at radius 3 is 2.06 bits per heavy atom. The molecule has 3 heterocycles. The SMILES string of the molecule is Nc1ccc(N)c(-c2cncc(-c3ccc4c(c3)Nc3ccccc3N4)c2-c2ccncc2)c1. The van der Waals surface area contributed by atoms with Gasteiger partial charge in [-0.15, -0.1) is 0 Å². The Hall–Kier alpha value is -4.84. The largest absolute Gasteiger partial charge is 0.399 e. The van der Waals surface area contributed by atoms with Crippen molar-refractivity contribution in [2.75, 3.05) is 22.1 Å². The molecule has 3 aromatic carbocycles. The zero-order chi connectivity index (χ0) is 23.1. The van der Waals surface area contributed by atoms with E-state index in [9.17, 15) is 0 Å². The minimum absolute atomic E-state index is 0.649. The van der Waals surface area contributed by atoms with Gasteiger partial charge in [0.1, 0.15) is 0 Å². The summed E-state index contributed by atoms with van der Waals surface area (Å²) in [5, 5.41) is 7.04. The summed E-state index contributed by atoms with van der Waals surface area (Å²) in [4.78, 5) is 8.80. The summed E-state index contributed by atoms with van der Waals surface area (Å²) < 4.78 is 0. The number of hydrogen-bond acceptors (Lipinski definition) is 6. The van der Waals surface area contributed by atoms with Gasteiger partial charge in [-0.1, -0.05) is 18.2 Å². The van der Waals surface area contributed by atoms with E-state index in [0.29, 0.717) is 11.4 Å². The second kappa shape index (κ2) is 7.94. The van der Waals surface area contributed by atoms with Crippen molar-refractivity contribution in [2.45, 2.75) is 0 Å². The number of pyridine rings is 2. The van der Waals surface area contributed by atoms with Gasteiger partial charge in [-0.3, -0.25) is 9.97 Å². The van der Waals surface area contributed by atoms with Crippen molar-refractivity contribution >= 4 is 34.1 Å². The van der Waals surface area contributed by atoms with E-state index < -0.39 is 0 Å². The molecule has 5 aromatic rings. The number of fused-ring (bicyclic) bond motifs is 2. The van der Waals surface area contributed by atoms with Gasteiger partial charge in [-0.2, -0.15) is 0 Å². The average Bonchev–Trinajstić information content (AvgIpc) is 2.88. The van der Waals surface area contributed by atoms with Crippen molar-refractivity contribution in [3.05, 3.63) is 97.6 Å². The van der Waals surface area contributed by atoms with Crippen LogP contribution in [0.3, 0.4) is 0 Å². The monoisotopic (exact) mass is 442 g/mol. The fourth-order valence-corrected chi connectivity index (χ4v) is 4.44. The summed E-state index contributed by atoms with van der Waals surface area (Å²) in [7, 11) is 0. The Labute approximate surface area is 197 Å². The smallest absolute Gasteiger partial charge is 0.0630 e. The number of benzene rings is 3. The summed E-state index contributed by atoms with van der Waals surface area (Å²) in [5.74, 6) is 0. The minimum Gasteiger partial charge on any atom is -0.399 e. The van der Waals surface area contributed by atoms with Crippen LogP contribution in [0.25, 0.3) is 33.4 Å². The lowest BCUT2D eigenvalue weighted by Crippen LogP contribution is -2.06. The molecule has 34 heavy (non-hydrogen) atoms.